The molecule has 0 saturated carbocycles. The maximum atomic E-state index is 11.4. The molecule has 1 fully saturated rings. The second-order valence-corrected chi connectivity index (χ2v) is 7.65. The number of ether oxygens (including phenoxy) is 1. The van der Waals surface area contributed by atoms with Crippen molar-refractivity contribution in [1.82, 2.24) is 10.2 Å². The van der Waals surface area contributed by atoms with Crippen LogP contribution >= 0.6 is 0 Å². The maximum Gasteiger partial charge on any atom is 0.211 e. The van der Waals surface area contributed by atoms with E-state index < -0.39 is 0 Å². The Morgan fingerprint density at radius 3 is 2.42 bits per heavy atom. The molecule has 162 valence electrons. The summed E-state index contributed by atoms with van der Waals surface area (Å²) in [4.78, 5) is 18.0. The molecular formula is C23H28N6O2. The van der Waals surface area contributed by atoms with E-state index in [1.54, 1.807) is 7.11 Å². The van der Waals surface area contributed by atoms with Crippen molar-refractivity contribution in [3.05, 3.63) is 48.5 Å². The van der Waals surface area contributed by atoms with Gasteiger partial charge < -0.3 is 24.8 Å². The summed E-state index contributed by atoms with van der Waals surface area (Å²) in [5, 5.41) is 10.6. The summed E-state index contributed by atoms with van der Waals surface area (Å²) in [6, 6.07) is 16.3. The summed E-state index contributed by atoms with van der Waals surface area (Å²) >= 11 is 0. The number of nitrogens with zero attached hydrogens (tertiary/aromatic N) is 4. The normalized spacial score (nSPS) is 13.8. The Hall–Kier alpha value is -3.68. The summed E-state index contributed by atoms with van der Waals surface area (Å²) < 4.78 is 5.47. The number of benzene rings is 2. The Bertz CT molecular complexity index is 1030. The van der Waals surface area contributed by atoms with Crippen molar-refractivity contribution in [3.8, 4) is 17.0 Å². The number of hydrogen-bond acceptors (Lipinski definition) is 6. The SMILES string of the molecule is COc1ccc(-c2[nH]nc(N3CCN(c4ccccc4)CC3)c2NC=O)cc1N(C)C. The maximum absolute atomic E-state index is 11.4. The number of piperazine rings is 1. The first-order valence-corrected chi connectivity index (χ1v) is 10.3. The van der Waals surface area contributed by atoms with Crippen LogP contribution in [0.15, 0.2) is 48.5 Å². The molecule has 1 aromatic heterocycles. The number of nitrogens with one attached hydrogen (secondary N) is 2. The Balaban J connectivity index is 1.60. The summed E-state index contributed by atoms with van der Waals surface area (Å²) in [7, 11) is 5.60. The second-order valence-electron chi connectivity index (χ2n) is 7.65. The molecule has 1 saturated heterocycles. The van der Waals surface area contributed by atoms with Crippen molar-refractivity contribution in [2.45, 2.75) is 0 Å². The van der Waals surface area contributed by atoms with E-state index in [4.69, 9.17) is 4.74 Å². The van der Waals surface area contributed by atoms with Gasteiger partial charge in [-0.1, -0.05) is 18.2 Å². The Kier molecular flexibility index (Phi) is 5.97. The number of carbonyl (C=O) groups is 1. The van der Waals surface area contributed by atoms with Crippen LogP contribution in [0.5, 0.6) is 5.75 Å². The number of rotatable bonds is 7. The lowest BCUT2D eigenvalue weighted by Crippen LogP contribution is -2.46. The number of aromatic nitrogens is 2. The molecular weight excluding hydrogens is 392 g/mol. The van der Waals surface area contributed by atoms with Gasteiger partial charge in [-0.3, -0.25) is 9.89 Å². The van der Waals surface area contributed by atoms with Gasteiger partial charge in [0.25, 0.3) is 0 Å². The highest BCUT2D eigenvalue weighted by Crippen LogP contribution is 2.38. The van der Waals surface area contributed by atoms with Crippen molar-refractivity contribution < 1.29 is 9.53 Å². The zero-order chi connectivity index (χ0) is 21.8. The van der Waals surface area contributed by atoms with Crippen molar-refractivity contribution in [2.24, 2.45) is 0 Å². The number of methoxy groups -OCH3 is 1. The van der Waals surface area contributed by atoms with Crippen LogP contribution in [0.1, 0.15) is 0 Å². The number of aromatic amines is 1. The first-order chi connectivity index (χ1) is 15.1. The van der Waals surface area contributed by atoms with E-state index >= 15 is 0 Å². The van der Waals surface area contributed by atoms with Crippen LogP contribution in [-0.2, 0) is 4.79 Å². The van der Waals surface area contributed by atoms with Crippen molar-refractivity contribution >= 4 is 29.3 Å². The molecule has 1 amide bonds. The van der Waals surface area contributed by atoms with Crippen molar-refractivity contribution in [1.29, 1.82) is 0 Å². The Labute approximate surface area is 182 Å². The minimum atomic E-state index is 0.693. The predicted molar refractivity (Wildman–Crippen MR) is 125 cm³/mol. The van der Waals surface area contributed by atoms with Gasteiger partial charge in [0.2, 0.25) is 6.41 Å². The molecule has 0 bridgehead atoms. The molecule has 2 heterocycles. The standard InChI is InChI=1S/C23H28N6O2/c1-27(2)19-15-17(9-10-20(19)31-3)21-22(24-16-30)23(26-25-21)29-13-11-28(12-14-29)18-7-5-4-6-8-18/h4-10,15-16H,11-14H2,1-3H3,(H,24,30)(H,25,26). The molecule has 3 aromatic rings. The van der Waals surface area contributed by atoms with Crippen LogP contribution in [0.2, 0.25) is 0 Å². The highest BCUT2D eigenvalue weighted by Gasteiger charge is 2.24. The molecule has 2 N–H and O–H groups in total. The Morgan fingerprint density at radius 2 is 1.77 bits per heavy atom. The fourth-order valence-electron chi connectivity index (χ4n) is 3.98. The van der Waals surface area contributed by atoms with Gasteiger partial charge >= 0.3 is 0 Å². The number of carbonyl (C=O) groups excluding carboxylic acids is 1. The molecule has 1 aliphatic heterocycles. The van der Waals surface area contributed by atoms with Gasteiger partial charge in [-0.05, 0) is 30.3 Å². The van der Waals surface area contributed by atoms with Crippen LogP contribution in [-0.4, -0.2) is 64.0 Å². The molecule has 2 aromatic carbocycles. The second kappa shape index (κ2) is 8.99. The van der Waals surface area contributed by atoms with E-state index in [0.29, 0.717) is 12.1 Å². The number of H-pyrrole nitrogens is 1. The lowest BCUT2D eigenvalue weighted by atomic mass is 10.1. The number of para-hydroxylation sites is 1. The van der Waals surface area contributed by atoms with Crippen molar-refractivity contribution in [2.75, 3.05) is 67.4 Å². The summed E-state index contributed by atoms with van der Waals surface area (Å²) in [5.41, 5.74) is 4.57. The molecule has 4 rings (SSSR count). The average Bonchev–Trinajstić information content (AvgIpc) is 3.23. The van der Waals surface area contributed by atoms with Gasteiger partial charge in [0, 0.05) is 51.5 Å². The van der Waals surface area contributed by atoms with Crippen LogP contribution in [0.4, 0.5) is 22.9 Å². The Morgan fingerprint density at radius 1 is 1.06 bits per heavy atom. The van der Waals surface area contributed by atoms with Crippen LogP contribution in [0, 0.1) is 0 Å². The van der Waals surface area contributed by atoms with Crippen molar-refractivity contribution in [3.63, 3.8) is 0 Å². The quantitative estimate of drug-likeness (QED) is 0.572. The van der Waals surface area contributed by atoms with Gasteiger partial charge in [0.05, 0.1) is 18.5 Å². The summed E-state index contributed by atoms with van der Waals surface area (Å²) in [6.07, 6.45) is 0.703. The van der Waals surface area contributed by atoms with Gasteiger partial charge in [-0.25, -0.2) is 0 Å². The summed E-state index contributed by atoms with van der Waals surface area (Å²) in [6.45, 7) is 3.41. The fourth-order valence-corrected chi connectivity index (χ4v) is 3.98. The summed E-state index contributed by atoms with van der Waals surface area (Å²) in [5.74, 6) is 1.55. The third-order valence-corrected chi connectivity index (χ3v) is 5.60. The first-order valence-electron chi connectivity index (χ1n) is 10.3. The van der Waals surface area contributed by atoms with E-state index in [0.717, 1.165) is 54.7 Å². The number of hydrogen-bond donors (Lipinski definition) is 2. The van der Waals surface area contributed by atoms with E-state index in [2.05, 4.69) is 49.6 Å². The lowest BCUT2D eigenvalue weighted by molar-refractivity contribution is -0.105. The fraction of sp³-hybridized carbons (Fsp3) is 0.304. The molecule has 31 heavy (non-hydrogen) atoms. The van der Waals surface area contributed by atoms with E-state index in [9.17, 15) is 4.79 Å². The molecule has 1 aliphatic rings. The third kappa shape index (κ3) is 4.14. The van der Waals surface area contributed by atoms with E-state index in [-0.39, 0.29) is 0 Å². The molecule has 0 atom stereocenters. The number of amides is 1. The molecule has 0 unspecified atom stereocenters. The predicted octanol–water partition coefficient (Wildman–Crippen LogP) is 3.05. The van der Waals surface area contributed by atoms with Crippen LogP contribution < -0.4 is 24.8 Å². The zero-order valence-electron chi connectivity index (χ0n) is 18.1. The van der Waals surface area contributed by atoms with E-state index in [1.807, 2.05) is 43.3 Å². The molecule has 0 radical (unpaired) electrons. The van der Waals surface area contributed by atoms with Gasteiger partial charge in [-0.2, -0.15) is 5.10 Å². The molecule has 8 nitrogen and oxygen atoms in total. The van der Waals surface area contributed by atoms with Gasteiger partial charge in [0.1, 0.15) is 11.4 Å². The minimum Gasteiger partial charge on any atom is -0.495 e. The topological polar surface area (TPSA) is 76.7 Å². The molecule has 0 spiro atoms. The monoisotopic (exact) mass is 420 g/mol. The smallest absolute Gasteiger partial charge is 0.211 e. The molecule has 0 aliphatic carbocycles. The highest BCUT2D eigenvalue weighted by atomic mass is 16.5. The van der Waals surface area contributed by atoms with Crippen LogP contribution in [0.3, 0.4) is 0 Å². The lowest BCUT2D eigenvalue weighted by Gasteiger charge is -2.36. The van der Waals surface area contributed by atoms with Gasteiger partial charge in [0.15, 0.2) is 5.82 Å². The third-order valence-electron chi connectivity index (χ3n) is 5.60. The highest BCUT2D eigenvalue weighted by molar-refractivity contribution is 5.91. The largest absolute Gasteiger partial charge is 0.495 e. The van der Waals surface area contributed by atoms with Gasteiger partial charge in [-0.15, -0.1) is 0 Å². The minimum absolute atomic E-state index is 0.693. The van der Waals surface area contributed by atoms with Crippen LogP contribution in [0.25, 0.3) is 11.3 Å². The average molecular weight is 421 g/mol. The first kappa shape index (κ1) is 20.6. The molecule has 8 heteroatoms. The van der Waals surface area contributed by atoms with E-state index in [1.165, 1.54) is 5.69 Å². The number of anilines is 4. The zero-order valence-corrected chi connectivity index (χ0v) is 18.1.